The molecule has 6 heteroatoms. The molecule has 0 unspecified atom stereocenters. The molecule has 2 fully saturated rings. The average Bonchev–Trinajstić information content (AvgIpc) is 3.32. The molecule has 138 valence electrons. The van der Waals surface area contributed by atoms with Crippen LogP contribution >= 0.6 is 11.3 Å². The number of aromatic nitrogens is 1. The Morgan fingerprint density at radius 3 is 2.42 bits per heavy atom. The van der Waals surface area contributed by atoms with Crippen LogP contribution in [0, 0.1) is 6.92 Å². The van der Waals surface area contributed by atoms with E-state index in [1.54, 1.807) is 11.3 Å². The zero-order valence-corrected chi connectivity index (χ0v) is 16.2. The largest absolute Gasteiger partial charge is 0.368 e. The predicted octanol–water partition coefficient (Wildman–Crippen LogP) is 3.01. The lowest BCUT2D eigenvalue weighted by Gasteiger charge is -2.36. The number of benzene rings is 1. The molecule has 4 rings (SSSR count). The number of piperazine rings is 1. The van der Waals surface area contributed by atoms with Gasteiger partial charge in [0, 0.05) is 31.9 Å². The van der Waals surface area contributed by atoms with E-state index in [1.165, 1.54) is 18.5 Å². The SMILES string of the molecule is Cc1nc(CN2CCCC2)sc1C(=O)N1CCN(c2ccccc2)CC1. The van der Waals surface area contributed by atoms with Gasteiger partial charge in [0.2, 0.25) is 0 Å². The second-order valence-corrected chi connectivity index (χ2v) is 8.20. The van der Waals surface area contributed by atoms with Crippen LogP contribution in [0.15, 0.2) is 30.3 Å². The summed E-state index contributed by atoms with van der Waals surface area (Å²) in [6.07, 6.45) is 2.56. The summed E-state index contributed by atoms with van der Waals surface area (Å²) in [5.41, 5.74) is 2.13. The minimum Gasteiger partial charge on any atom is -0.368 e. The number of thiazole rings is 1. The van der Waals surface area contributed by atoms with Crippen LogP contribution in [0.3, 0.4) is 0 Å². The molecule has 2 aromatic rings. The van der Waals surface area contributed by atoms with Crippen LogP contribution in [0.25, 0.3) is 0 Å². The monoisotopic (exact) mass is 370 g/mol. The van der Waals surface area contributed by atoms with Crippen molar-refractivity contribution in [1.82, 2.24) is 14.8 Å². The van der Waals surface area contributed by atoms with Gasteiger partial charge in [-0.1, -0.05) is 18.2 Å². The first-order valence-corrected chi connectivity index (χ1v) is 10.3. The number of likely N-dealkylation sites (tertiary alicyclic amines) is 1. The van der Waals surface area contributed by atoms with Crippen molar-refractivity contribution in [1.29, 1.82) is 0 Å². The topological polar surface area (TPSA) is 39.7 Å². The fourth-order valence-corrected chi connectivity index (χ4v) is 4.88. The Morgan fingerprint density at radius 1 is 1.04 bits per heavy atom. The lowest BCUT2D eigenvalue weighted by molar-refractivity contribution is 0.0750. The molecule has 0 spiro atoms. The molecule has 2 saturated heterocycles. The summed E-state index contributed by atoms with van der Waals surface area (Å²) >= 11 is 1.59. The van der Waals surface area contributed by atoms with Crippen LogP contribution < -0.4 is 4.90 Å². The molecule has 0 radical (unpaired) electrons. The third-order valence-corrected chi connectivity index (χ3v) is 6.41. The normalized spacial score (nSPS) is 18.5. The van der Waals surface area contributed by atoms with E-state index in [1.807, 2.05) is 17.9 Å². The number of para-hydroxylation sites is 1. The van der Waals surface area contributed by atoms with Crippen LogP contribution in [-0.4, -0.2) is 60.0 Å². The zero-order chi connectivity index (χ0) is 17.9. The lowest BCUT2D eigenvalue weighted by Crippen LogP contribution is -2.48. The molecule has 2 aliphatic rings. The number of carbonyl (C=O) groups is 1. The molecule has 0 aliphatic carbocycles. The molecule has 3 heterocycles. The maximum atomic E-state index is 13.0. The molecule has 26 heavy (non-hydrogen) atoms. The Balaban J connectivity index is 1.38. The van der Waals surface area contributed by atoms with Crippen molar-refractivity contribution in [3.8, 4) is 0 Å². The highest BCUT2D eigenvalue weighted by atomic mass is 32.1. The maximum absolute atomic E-state index is 13.0. The third-order valence-electron chi connectivity index (χ3n) is 5.28. The van der Waals surface area contributed by atoms with E-state index in [4.69, 9.17) is 0 Å². The van der Waals surface area contributed by atoms with Gasteiger partial charge >= 0.3 is 0 Å². The molecule has 1 amide bonds. The lowest BCUT2D eigenvalue weighted by atomic mass is 10.2. The second-order valence-electron chi connectivity index (χ2n) is 7.12. The summed E-state index contributed by atoms with van der Waals surface area (Å²) in [6, 6.07) is 10.4. The number of nitrogens with zero attached hydrogens (tertiary/aromatic N) is 4. The standard InChI is InChI=1S/C20H26N4OS/c1-16-19(26-18(21-16)15-22-9-5-6-10-22)20(25)24-13-11-23(12-14-24)17-7-3-2-4-8-17/h2-4,7-8H,5-6,9-15H2,1H3. The van der Waals surface area contributed by atoms with Gasteiger partial charge in [0.15, 0.2) is 0 Å². The van der Waals surface area contributed by atoms with Gasteiger partial charge in [-0.05, 0) is 45.0 Å². The van der Waals surface area contributed by atoms with E-state index in [0.717, 1.165) is 61.4 Å². The first-order valence-electron chi connectivity index (χ1n) is 9.48. The molecule has 2 aliphatic heterocycles. The summed E-state index contributed by atoms with van der Waals surface area (Å²) in [4.78, 5) is 25.2. The Bertz CT molecular complexity index is 746. The Labute approximate surface area is 159 Å². The van der Waals surface area contributed by atoms with E-state index in [9.17, 15) is 4.79 Å². The van der Waals surface area contributed by atoms with E-state index in [0.29, 0.717) is 0 Å². The van der Waals surface area contributed by atoms with Crippen LogP contribution in [0.4, 0.5) is 5.69 Å². The van der Waals surface area contributed by atoms with Gasteiger partial charge < -0.3 is 9.80 Å². The summed E-state index contributed by atoms with van der Waals surface area (Å²) in [5, 5.41) is 1.08. The van der Waals surface area contributed by atoms with E-state index < -0.39 is 0 Å². The molecule has 1 aromatic carbocycles. The maximum Gasteiger partial charge on any atom is 0.265 e. The molecular weight excluding hydrogens is 344 g/mol. The number of hydrogen-bond donors (Lipinski definition) is 0. The number of rotatable bonds is 4. The Kier molecular flexibility index (Phi) is 5.22. The molecule has 0 atom stereocenters. The first kappa shape index (κ1) is 17.5. The molecule has 0 N–H and O–H groups in total. The fourth-order valence-electron chi connectivity index (χ4n) is 3.80. The fraction of sp³-hybridized carbons (Fsp3) is 0.500. The van der Waals surface area contributed by atoms with Crippen LogP contribution in [-0.2, 0) is 6.54 Å². The minimum absolute atomic E-state index is 0.153. The van der Waals surface area contributed by atoms with Crippen LogP contribution in [0.1, 0.15) is 33.2 Å². The van der Waals surface area contributed by atoms with Gasteiger partial charge in [0.05, 0.1) is 12.2 Å². The summed E-state index contributed by atoms with van der Waals surface area (Å²) < 4.78 is 0. The number of amides is 1. The van der Waals surface area contributed by atoms with Gasteiger partial charge in [-0.2, -0.15) is 0 Å². The van der Waals surface area contributed by atoms with Gasteiger partial charge in [-0.15, -0.1) is 11.3 Å². The van der Waals surface area contributed by atoms with Crippen molar-refractivity contribution in [3.63, 3.8) is 0 Å². The van der Waals surface area contributed by atoms with E-state index >= 15 is 0 Å². The predicted molar refractivity (Wildman–Crippen MR) is 106 cm³/mol. The highest BCUT2D eigenvalue weighted by Crippen LogP contribution is 2.24. The average molecular weight is 371 g/mol. The van der Waals surface area contributed by atoms with Crippen LogP contribution in [0.5, 0.6) is 0 Å². The molecule has 5 nitrogen and oxygen atoms in total. The quantitative estimate of drug-likeness (QED) is 0.829. The van der Waals surface area contributed by atoms with Crippen molar-refractivity contribution in [2.75, 3.05) is 44.2 Å². The smallest absolute Gasteiger partial charge is 0.265 e. The molecule has 0 bridgehead atoms. The Hall–Kier alpha value is -1.92. The summed E-state index contributed by atoms with van der Waals surface area (Å²) in [7, 11) is 0. The number of carbonyl (C=O) groups excluding carboxylic acids is 1. The van der Waals surface area contributed by atoms with Gasteiger partial charge in [0.25, 0.3) is 5.91 Å². The van der Waals surface area contributed by atoms with Crippen molar-refractivity contribution in [2.24, 2.45) is 0 Å². The number of aryl methyl sites for hydroxylation is 1. The molecule has 0 saturated carbocycles. The minimum atomic E-state index is 0.153. The number of anilines is 1. The molecule has 1 aromatic heterocycles. The van der Waals surface area contributed by atoms with Gasteiger partial charge in [-0.25, -0.2) is 4.98 Å². The molecular formula is C20H26N4OS. The number of hydrogen-bond acceptors (Lipinski definition) is 5. The van der Waals surface area contributed by atoms with Gasteiger partial charge in [-0.3, -0.25) is 9.69 Å². The first-order chi connectivity index (χ1) is 12.7. The van der Waals surface area contributed by atoms with Crippen molar-refractivity contribution >= 4 is 22.9 Å². The highest BCUT2D eigenvalue weighted by Gasteiger charge is 2.26. The third kappa shape index (κ3) is 3.76. The van der Waals surface area contributed by atoms with Crippen molar-refractivity contribution in [3.05, 3.63) is 45.9 Å². The van der Waals surface area contributed by atoms with Crippen LogP contribution in [0.2, 0.25) is 0 Å². The zero-order valence-electron chi connectivity index (χ0n) is 15.4. The van der Waals surface area contributed by atoms with Crippen molar-refractivity contribution < 1.29 is 4.79 Å². The van der Waals surface area contributed by atoms with E-state index in [-0.39, 0.29) is 5.91 Å². The van der Waals surface area contributed by atoms with Gasteiger partial charge in [0.1, 0.15) is 9.88 Å². The highest BCUT2D eigenvalue weighted by molar-refractivity contribution is 7.13. The van der Waals surface area contributed by atoms with Crippen molar-refractivity contribution in [2.45, 2.75) is 26.3 Å². The Morgan fingerprint density at radius 2 is 1.73 bits per heavy atom. The second kappa shape index (κ2) is 7.76. The van der Waals surface area contributed by atoms with E-state index in [2.05, 4.69) is 39.0 Å². The summed E-state index contributed by atoms with van der Waals surface area (Å²) in [5.74, 6) is 0.153. The summed E-state index contributed by atoms with van der Waals surface area (Å²) in [6.45, 7) is 8.48.